The Morgan fingerprint density at radius 2 is 1.52 bits per heavy atom. The van der Waals surface area contributed by atoms with E-state index in [1.54, 1.807) is 0 Å². The predicted molar refractivity (Wildman–Crippen MR) is 73.2 cm³/mol. The molecule has 0 aromatic heterocycles. The lowest BCUT2D eigenvalue weighted by Gasteiger charge is -2.13. The average molecular weight is 361 g/mol. The summed E-state index contributed by atoms with van der Waals surface area (Å²) in [5.41, 5.74) is 0. The summed E-state index contributed by atoms with van der Waals surface area (Å²) in [7, 11) is 0. The molecule has 10 heteroatoms. The van der Waals surface area contributed by atoms with Gasteiger partial charge in [0.15, 0.2) is 11.6 Å². The molecule has 25 heavy (non-hydrogen) atoms. The molecular formula is C15H11F4NO5. The van der Waals surface area contributed by atoms with Crippen molar-refractivity contribution in [3.8, 4) is 5.75 Å². The molecule has 2 rings (SSSR count). The molecule has 134 valence electrons. The molecule has 0 spiro atoms. The van der Waals surface area contributed by atoms with Crippen molar-refractivity contribution < 1.29 is 41.4 Å². The zero-order chi connectivity index (χ0) is 18.6. The van der Waals surface area contributed by atoms with Crippen LogP contribution in [0, 0.1) is 23.3 Å². The minimum atomic E-state index is -1.83. The molecule has 0 saturated carbocycles. The Labute approximate surface area is 138 Å². The molecule has 0 N–H and O–H groups in total. The van der Waals surface area contributed by atoms with E-state index in [-0.39, 0.29) is 25.8 Å². The van der Waals surface area contributed by atoms with Gasteiger partial charge < -0.3 is 9.47 Å². The number of carbonyl (C=O) groups excluding carboxylic acids is 3. The van der Waals surface area contributed by atoms with Crippen molar-refractivity contribution in [2.45, 2.75) is 6.42 Å². The number of rotatable bonds is 7. The fraction of sp³-hybridized carbons (Fsp3) is 0.267. The summed E-state index contributed by atoms with van der Waals surface area (Å²) >= 11 is 0. The quantitative estimate of drug-likeness (QED) is 0.184. The summed E-state index contributed by atoms with van der Waals surface area (Å²) in [4.78, 5) is 34.8. The van der Waals surface area contributed by atoms with Gasteiger partial charge in [0.1, 0.15) is 0 Å². The van der Waals surface area contributed by atoms with Crippen LogP contribution in [-0.4, -0.2) is 42.4 Å². The van der Waals surface area contributed by atoms with Crippen LogP contribution in [0.15, 0.2) is 18.2 Å². The largest absolute Gasteiger partial charge is 0.420 e. The molecule has 0 atom stereocenters. The molecule has 0 fully saturated rings. The Morgan fingerprint density at radius 1 is 0.960 bits per heavy atom. The van der Waals surface area contributed by atoms with E-state index in [2.05, 4.69) is 4.74 Å². The van der Waals surface area contributed by atoms with Gasteiger partial charge in [0, 0.05) is 18.2 Å². The number of nitrogens with zero attached hydrogens (tertiary/aromatic N) is 1. The number of hydrogen-bond donors (Lipinski definition) is 0. The van der Waals surface area contributed by atoms with Crippen molar-refractivity contribution in [2.75, 3.05) is 19.8 Å². The Morgan fingerprint density at radius 3 is 2.08 bits per heavy atom. The Hall–Kier alpha value is -2.75. The van der Waals surface area contributed by atoms with Crippen LogP contribution in [0.3, 0.4) is 0 Å². The van der Waals surface area contributed by atoms with Crippen LogP contribution in [-0.2, 0) is 19.1 Å². The van der Waals surface area contributed by atoms with Crippen molar-refractivity contribution >= 4 is 17.8 Å². The zero-order valence-electron chi connectivity index (χ0n) is 12.6. The van der Waals surface area contributed by atoms with Crippen molar-refractivity contribution in [3.05, 3.63) is 41.5 Å². The van der Waals surface area contributed by atoms with Crippen LogP contribution in [0.4, 0.5) is 17.6 Å². The van der Waals surface area contributed by atoms with E-state index in [1.165, 1.54) is 0 Å². The second kappa shape index (κ2) is 7.88. The molecule has 0 unspecified atom stereocenters. The lowest BCUT2D eigenvalue weighted by molar-refractivity contribution is -0.139. The predicted octanol–water partition coefficient (Wildman–Crippen LogP) is 1.48. The minimum absolute atomic E-state index is 0.0130. The van der Waals surface area contributed by atoms with Gasteiger partial charge in [-0.3, -0.25) is 19.3 Å². The van der Waals surface area contributed by atoms with Crippen molar-refractivity contribution in [2.24, 2.45) is 0 Å². The second-order valence-electron chi connectivity index (χ2n) is 4.80. The number of imide groups is 1. The molecule has 0 aliphatic carbocycles. The van der Waals surface area contributed by atoms with Crippen LogP contribution in [0.5, 0.6) is 5.75 Å². The summed E-state index contributed by atoms with van der Waals surface area (Å²) in [5, 5.41) is 0. The summed E-state index contributed by atoms with van der Waals surface area (Å²) < 4.78 is 61.9. The number of esters is 1. The van der Waals surface area contributed by atoms with Crippen molar-refractivity contribution in [3.63, 3.8) is 0 Å². The lowest BCUT2D eigenvalue weighted by Crippen LogP contribution is -2.33. The minimum Gasteiger partial charge on any atom is -0.420 e. The molecule has 1 aliphatic rings. The van der Waals surface area contributed by atoms with E-state index < -0.39 is 53.2 Å². The maximum Gasteiger partial charge on any atom is 0.313 e. The van der Waals surface area contributed by atoms with Crippen LogP contribution in [0.25, 0.3) is 0 Å². The van der Waals surface area contributed by atoms with Crippen LogP contribution < -0.4 is 4.74 Å². The first-order valence-electron chi connectivity index (χ1n) is 6.96. The maximum atomic E-state index is 13.3. The first kappa shape index (κ1) is 18.6. The molecule has 0 radical (unpaired) electrons. The maximum absolute atomic E-state index is 13.3. The van der Waals surface area contributed by atoms with Crippen LogP contribution in [0.2, 0.25) is 0 Å². The van der Waals surface area contributed by atoms with Gasteiger partial charge in [-0.25, -0.2) is 8.78 Å². The lowest BCUT2D eigenvalue weighted by atomic mass is 10.3. The van der Waals surface area contributed by atoms with Gasteiger partial charge in [-0.2, -0.15) is 8.78 Å². The van der Waals surface area contributed by atoms with Crippen molar-refractivity contribution in [1.29, 1.82) is 0 Å². The van der Waals surface area contributed by atoms with Gasteiger partial charge in [-0.05, 0) is 0 Å². The number of hydrogen-bond acceptors (Lipinski definition) is 5. The van der Waals surface area contributed by atoms with E-state index in [0.29, 0.717) is 0 Å². The molecule has 0 saturated heterocycles. The van der Waals surface area contributed by atoms with Gasteiger partial charge in [-0.1, -0.05) is 0 Å². The van der Waals surface area contributed by atoms with Gasteiger partial charge in [0.05, 0.1) is 26.2 Å². The fourth-order valence-corrected chi connectivity index (χ4v) is 1.87. The zero-order valence-corrected chi connectivity index (χ0v) is 12.6. The topological polar surface area (TPSA) is 72.9 Å². The smallest absolute Gasteiger partial charge is 0.313 e. The number of ether oxygens (including phenoxy) is 2. The Bertz CT molecular complexity index is 706. The van der Waals surface area contributed by atoms with Crippen LogP contribution >= 0.6 is 0 Å². The number of carbonyl (C=O) groups is 3. The average Bonchev–Trinajstić information content (AvgIpc) is 2.88. The van der Waals surface area contributed by atoms with E-state index in [9.17, 15) is 31.9 Å². The number of benzene rings is 1. The summed E-state index contributed by atoms with van der Waals surface area (Å²) in [6, 6.07) is -0.0130. The summed E-state index contributed by atoms with van der Waals surface area (Å²) in [6.07, 6.45) is 1.72. The third-order valence-electron chi connectivity index (χ3n) is 3.10. The van der Waals surface area contributed by atoms with E-state index >= 15 is 0 Å². The van der Waals surface area contributed by atoms with Gasteiger partial charge in [0.25, 0.3) is 11.8 Å². The monoisotopic (exact) mass is 361 g/mol. The van der Waals surface area contributed by atoms with Gasteiger partial charge in [0.2, 0.25) is 17.4 Å². The fourth-order valence-electron chi connectivity index (χ4n) is 1.87. The standard InChI is InChI=1S/C15H11F4NO5/c16-8-7-9(17)14(19)15(13(8)18)25-12(23)3-5-24-6-4-20-10(21)1-2-11(20)22/h1-2,7H,3-6H2. The molecule has 1 aromatic carbocycles. The van der Waals surface area contributed by atoms with E-state index in [4.69, 9.17) is 4.74 Å². The molecule has 1 aliphatic heterocycles. The summed E-state index contributed by atoms with van der Waals surface area (Å²) in [5.74, 6) is -10.7. The first-order valence-corrected chi connectivity index (χ1v) is 6.96. The highest BCUT2D eigenvalue weighted by molar-refractivity contribution is 6.12. The van der Waals surface area contributed by atoms with E-state index in [1.807, 2.05) is 0 Å². The normalized spacial score (nSPS) is 13.7. The molecular weight excluding hydrogens is 350 g/mol. The highest BCUT2D eigenvalue weighted by atomic mass is 19.2. The van der Waals surface area contributed by atoms with Crippen LogP contribution in [0.1, 0.15) is 6.42 Å². The number of halogens is 4. The number of amides is 2. The summed E-state index contributed by atoms with van der Waals surface area (Å²) in [6.45, 7) is -0.384. The van der Waals surface area contributed by atoms with E-state index in [0.717, 1.165) is 17.1 Å². The highest BCUT2D eigenvalue weighted by Gasteiger charge is 2.24. The molecule has 1 aromatic rings. The van der Waals surface area contributed by atoms with Gasteiger partial charge >= 0.3 is 5.97 Å². The third-order valence-corrected chi connectivity index (χ3v) is 3.10. The molecule has 6 nitrogen and oxygen atoms in total. The highest BCUT2D eigenvalue weighted by Crippen LogP contribution is 2.26. The Kier molecular flexibility index (Phi) is 5.86. The first-order chi connectivity index (χ1) is 11.8. The molecule has 1 heterocycles. The molecule has 2 amide bonds. The molecule has 0 bridgehead atoms. The van der Waals surface area contributed by atoms with Crippen molar-refractivity contribution in [1.82, 2.24) is 4.90 Å². The van der Waals surface area contributed by atoms with Gasteiger partial charge in [-0.15, -0.1) is 0 Å². The second-order valence-corrected chi connectivity index (χ2v) is 4.80. The SMILES string of the molecule is O=C(CCOCCN1C(=O)C=CC1=O)Oc1c(F)c(F)cc(F)c1F. The Balaban J connectivity index is 1.77. The third kappa shape index (κ3) is 4.41.